The van der Waals surface area contributed by atoms with Gasteiger partial charge in [-0.2, -0.15) is 0 Å². The van der Waals surface area contributed by atoms with Gasteiger partial charge in [-0.25, -0.2) is 23.9 Å². The minimum atomic E-state index is -0.933. The molecule has 1 unspecified atom stereocenters. The summed E-state index contributed by atoms with van der Waals surface area (Å²) in [6, 6.07) is 4.05. The first-order valence-corrected chi connectivity index (χ1v) is 13.2. The third kappa shape index (κ3) is 7.03. The van der Waals surface area contributed by atoms with Gasteiger partial charge in [-0.15, -0.1) is 0 Å². The Morgan fingerprint density at radius 2 is 1.90 bits per heavy atom. The molecule has 2 N–H and O–H groups in total. The van der Waals surface area contributed by atoms with Crippen molar-refractivity contribution in [2.24, 2.45) is 0 Å². The van der Waals surface area contributed by atoms with Crippen LogP contribution < -0.4 is 15.4 Å². The molecule has 12 nitrogen and oxygen atoms in total. The largest absolute Gasteiger partial charge is 0.491 e. The maximum Gasteiger partial charge on any atom is 0.411 e. The highest BCUT2D eigenvalue weighted by Gasteiger charge is 2.43. The number of anilines is 2. The zero-order valence-corrected chi connectivity index (χ0v) is 24.4. The van der Waals surface area contributed by atoms with Crippen LogP contribution in [0.3, 0.4) is 0 Å². The number of hydrogen-bond acceptors (Lipinski definition) is 10. The van der Waals surface area contributed by atoms with E-state index in [4.69, 9.17) is 25.8 Å². The van der Waals surface area contributed by atoms with Gasteiger partial charge >= 0.3 is 12.1 Å². The number of methoxy groups -OCH3 is 2. The lowest BCUT2D eigenvalue weighted by Gasteiger charge is -2.27. The van der Waals surface area contributed by atoms with Crippen LogP contribution in [0.4, 0.5) is 20.7 Å². The average molecular weight is 601 g/mol. The number of nitrogens with zero attached hydrogens (tertiary/aromatic N) is 4. The molecule has 3 aromatic rings. The van der Waals surface area contributed by atoms with E-state index in [2.05, 4.69) is 25.6 Å². The van der Waals surface area contributed by atoms with Crippen molar-refractivity contribution in [2.75, 3.05) is 26.1 Å². The third-order valence-corrected chi connectivity index (χ3v) is 6.44. The fraction of sp³-hybridized carbons (Fsp3) is 0.357. The zero-order chi connectivity index (χ0) is 30.6. The van der Waals surface area contributed by atoms with Crippen molar-refractivity contribution < 1.29 is 33.0 Å². The number of hydrogen-bond donors (Lipinski definition) is 2. The summed E-state index contributed by atoms with van der Waals surface area (Å²) in [6.07, 6.45) is 3.61. The molecule has 1 aliphatic heterocycles. The van der Waals surface area contributed by atoms with E-state index in [-0.39, 0.29) is 41.5 Å². The van der Waals surface area contributed by atoms with Gasteiger partial charge in [-0.1, -0.05) is 11.6 Å². The molecule has 4 rings (SSSR count). The van der Waals surface area contributed by atoms with Gasteiger partial charge in [-0.05, 0) is 45.0 Å². The Morgan fingerprint density at radius 1 is 1.14 bits per heavy atom. The Kier molecular flexibility index (Phi) is 9.10. The summed E-state index contributed by atoms with van der Waals surface area (Å²) in [7, 11) is 2.64. The van der Waals surface area contributed by atoms with Gasteiger partial charge < -0.3 is 24.8 Å². The Bertz CT molecular complexity index is 1500. The van der Waals surface area contributed by atoms with Crippen LogP contribution in [0.15, 0.2) is 42.9 Å². The predicted molar refractivity (Wildman–Crippen MR) is 151 cm³/mol. The molecule has 0 spiro atoms. The van der Waals surface area contributed by atoms with Gasteiger partial charge in [0, 0.05) is 36.4 Å². The number of halogens is 2. The van der Waals surface area contributed by atoms with Crippen molar-refractivity contribution >= 4 is 41.1 Å². The number of amides is 2. The van der Waals surface area contributed by atoms with Crippen LogP contribution in [0.1, 0.15) is 37.6 Å². The molecular formula is C28H30ClFN6O6. The maximum absolute atomic E-state index is 14.5. The number of nitrogens with one attached hydrogen (secondary N) is 2. The second kappa shape index (κ2) is 12.6. The number of ether oxygens (including phenoxy) is 3. The van der Waals surface area contributed by atoms with E-state index in [0.29, 0.717) is 10.7 Å². The minimum Gasteiger partial charge on any atom is -0.491 e. The van der Waals surface area contributed by atoms with Crippen molar-refractivity contribution in [2.45, 2.75) is 44.9 Å². The topological polar surface area (TPSA) is 145 Å². The van der Waals surface area contributed by atoms with Crippen molar-refractivity contribution in [3.63, 3.8) is 0 Å². The third-order valence-electron chi connectivity index (χ3n) is 6.20. The van der Waals surface area contributed by atoms with Gasteiger partial charge in [-0.3, -0.25) is 14.7 Å². The van der Waals surface area contributed by atoms with E-state index in [1.807, 2.05) is 0 Å². The molecule has 0 saturated carbocycles. The highest BCUT2D eigenvalue weighted by Crippen LogP contribution is 2.31. The fourth-order valence-electron chi connectivity index (χ4n) is 4.31. The standard InChI is InChI=1S/C28H30ClFN6O6/c1-28(2,3)42-27(39)36-14-16(11-21(36)26(38)41-5)33-25(37)18-12-31-9-8-20(18)34-24-22(40-4)13-32-23(35-24)17-10-15(29)6-7-19(17)30/h6-10,12-13,16,21H,11,14H2,1-5H3,(H,33,37)(H,31,32,34,35)/t16?,21-/m1/s1. The van der Waals surface area contributed by atoms with E-state index in [0.717, 1.165) is 0 Å². The molecule has 2 amide bonds. The monoisotopic (exact) mass is 600 g/mol. The molecule has 1 saturated heterocycles. The summed E-state index contributed by atoms with van der Waals surface area (Å²) in [5.74, 6) is -1.29. The summed E-state index contributed by atoms with van der Waals surface area (Å²) in [6.45, 7) is 5.17. The number of likely N-dealkylation sites (tertiary alicyclic amines) is 1. The summed E-state index contributed by atoms with van der Waals surface area (Å²) >= 11 is 6.04. The first-order valence-electron chi connectivity index (χ1n) is 12.9. The summed E-state index contributed by atoms with van der Waals surface area (Å²) in [4.78, 5) is 52.5. The van der Waals surface area contributed by atoms with Gasteiger partial charge in [0.1, 0.15) is 17.5 Å². The van der Waals surface area contributed by atoms with Crippen LogP contribution in [0.25, 0.3) is 11.4 Å². The molecule has 3 heterocycles. The highest BCUT2D eigenvalue weighted by atomic mass is 35.5. The van der Waals surface area contributed by atoms with E-state index in [9.17, 15) is 18.8 Å². The zero-order valence-electron chi connectivity index (χ0n) is 23.6. The van der Waals surface area contributed by atoms with Crippen molar-refractivity contribution in [1.82, 2.24) is 25.2 Å². The second-order valence-corrected chi connectivity index (χ2v) is 10.8. The molecule has 42 heavy (non-hydrogen) atoms. The number of benzene rings is 1. The SMILES string of the molecule is COC(=O)[C@H]1CC(NC(=O)c2cnccc2Nc2nc(-c3cc(Cl)ccc3F)ncc2OC)CN1C(=O)OC(C)(C)C. The summed E-state index contributed by atoms with van der Waals surface area (Å²) in [5.41, 5.74) is -0.255. The molecule has 0 bridgehead atoms. The molecule has 1 aliphatic rings. The Morgan fingerprint density at radius 3 is 2.60 bits per heavy atom. The normalized spacial score (nSPS) is 16.5. The first-order chi connectivity index (χ1) is 19.9. The van der Waals surface area contributed by atoms with Crippen molar-refractivity contribution in [3.8, 4) is 17.1 Å². The Balaban J connectivity index is 1.57. The fourth-order valence-corrected chi connectivity index (χ4v) is 4.48. The first kappa shape index (κ1) is 30.4. The van der Waals surface area contributed by atoms with Crippen LogP contribution >= 0.6 is 11.6 Å². The lowest BCUT2D eigenvalue weighted by Crippen LogP contribution is -2.44. The summed E-state index contributed by atoms with van der Waals surface area (Å²) in [5, 5.41) is 6.20. The highest BCUT2D eigenvalue weighted by molar-refractivity contribution is 6.30. The molecule has 14 heteroatoms. The Hall–Kier alpha value is -4.52. The Labute approximate surface area is 246 Å². The molecule has 222 valence electrons. The molecule has 2 atom stereocenters. The smallest absolute Gasteiger partial charge is 0.411 e. The van der Waals surface area contributed by atoms with E-state index in [1.165, 1.54) is 55.9 Å². The number of aromatic nitrogens is 3. The van der Waals surface area contributed by atoms with E-state index < -0.39 is 41.5 Å². The van der Waals surface area contributed by atoms with Crippen molar-refractivity contribution in [3.05, 3.63) is 59.3 Å². The van der Waals surface area contributed by atoms with Gasteiger partial charge in [0.15, 0.2) is 17.4 Å². The molecule has 2 aromatic heterocycles. The average Bonchev–Trinajstić information content (AvgIpc) is 3.37. The number of carbonyl (C=O) groups is 3. The molecule has 1 fully saturated rings. The molecule has 1 aromatic carbocycles. The van der Waals surface area contributed by atoms with Crippen LogP contribution in [0.2, 0.25) is 5.02 Å². The molecule has 0 radical (unpaired) electrons. The second-order valence-electron chi connectivity index (χ2n) is 10.4. The maximum atomic E-state index is 14.5. The lowest BCUT2D eigenvalue weighted by atomic mass is 10.1. The summed E-state index contributed by atoms with van der Waals surface area (Å²) < 4.78 is 30.2. The van der Waals surface area contributed by atoms with Gasteiger partial charge in [0.2, 0.25) is 0 Å². The van der Waals surface area contributed by atoms with Gasteiger partial charge in [0.25, 0.3) is 5.91 Å². The lowest BCUT2D eigenvalue weighted by molar-refractivity contribution is -0.145. The van der Waals surface area contributed by atoms with Gasteiger partial charge in [0.05, 0.1) is 37.2 Å². The number of esters is 1. The van der Waals surface area contributed by atoms with E-state index >= 15 is 0 Å². The van der Waals surface area contributed by atoms with Crippen LogP contribution in [-0.4, -0.2) is 76.3 Å². The number of carbonyl (C=O) groups excluding carboxylic acids is 3. The number of rotatable bonds is 7. The molecule has 0 aliphatic carbocycles. The minimum absolute atomic E-state index is 0.0255. The van der Waals surface area contributed by atoms with Crippen LogP contribution in [0.5, 0.6) is 5.75 Å². The predicted octanol–water partition coefficient (Wildman–Crippen LogP) is 4.36. The van der Waals surface area contributed by atoms with E-state index in [1.54, 1.807) is 26.8 Å². The molecular weight excluding hydrogens is 571 g/mol. The van der Waals surface area contributed by atoms with Crippen LogP contribution in [0, 0.1) is 5.82 Å². The van der Waals surface area contributed by atoms with Crippen LogP contribution in [-0.2, 0) is 14.3 Å². The van der Waals surface area contributed by atoms with Crippen molar-refractivity contribution in [1.29, 1.82) is 0 Å². The number of pyridine rings is 1. The quantitative estimate of drug-likeness (QED) is 0.375.